The molecule has 0 saturated carbocycles. The van der Waals surface area contributed by atoms with Gasteiger partial charge in [-0.2, -0.15) is 0 Å². The summed E-state index contributed by atoms with van der Waals surface area (Å²) in [5.74, 6) is 3.62. The number of fused-ring (bicyclic) bond motifs is 6. The number of ether oxygens (including phenoxy) is 4. The minimum atomic E-state index is -1.00. The SMILES string of the molecule is C=CC(=O)O.C=CC(=O)OCCCc1ccc(N2c3ccccc3Oc3ccccc32)cc1.CC(=O)O.CC(=O)O.CC(C)(C)P(C(C)(C)C)C(C)(C)C.CCCCC.ClCCCc1ccc(Br)cc1.ClCCCc1ccc(N2c3ccccc3Oc3ccccc32)cc1.O=CO[O-].[2H]CF.[H-].[K+].[K+].[Pd].c1ccc2c(c1)Nc1ccccc1O2. The van der Waals surface area contributed by atoms with Gasteiger partial charge in [0.2, 0.25) is 0 Å². The molecule has 0 spiro atoms. The molecule has 17 nitrogen and oxygen atoms in total. The first-order valence-corrected chi connectivity index (χ1v) is 40.3. The fourth-order valence-corrected chi connectivity index (χ4v) is 18.8. The summed E-state index contributed by atoms with van der Waals surface area (Å²) < 4.78 is 39.5. The van der Waals surface area contributed by atoms with E-state index in [9.17, 15) is 14.0 Å². The molecule has 117 heavy (non-hydrogen) atoms. The van der Waals surface area contributed by atoms with Crippen LogP contribution in [0.3, 0.4) is 0 Å². The number of nitrogens with zero attached hydrogens (tertiary/aromatic N) is 2. The molecule has 0 radical (unpaired) electrons. The van der Waals surface area contributed by atoms with Gasteiger partial charge in [-0.05, 0) is 180 Å². The molecule has 9 aromatic carbocycles. The molecule has 9 aromatic rings. The van der Waals surface area contributed by atoms with Crippen molar-refractivity contribution in [1.29, 1.82) is 0 Å². The summed E-state index contributed by atoms with van der Waals surface area (Å²) in [5, 5.41) is 35.5. The number of nitrogens with one attached hydrogen (secondary N) is 1. The second-order valence-corrected chi connectivity index (χ2v) is 34.3. The fraction of sp³-hybridized carbons (Fsp3) is 0.315. The summed E-state index contributed by atoms with van der Waals surface area (Å²) >= 11 is 14.8. The van der Waals surface area contributed by atoms with Crippen LogP contribution >= 0.6 is 47.1 Å². The first kappa shape index (κ1) is 111. The Labute approximate surface area is 815 Å². The van der Waals surface area contributed by atoms with Gasteiger partial charge < -0.3 is 61.0 Å². The molecule has 0 fully saturated rings. The number of anilines is 8. The van der Waals surface area contributed by atoms with Gasteiger partial charge in [0, 0.05) is 74.0 Å². The molecular weight excluding hydrogens is 1760 g/mol. The predicted molar refractivity (Wildman–Crippen MR) is 471 cm³/mol. The number of carboxylic acids is 3. The van der Waals surface area contributed by atoms with Gasteiger partial charge >= 0.3 is 115 Å². The number of benzene rings is 9. The third-order valence-corrected chi connectivity index (χ3v) is 20.7. The molecule has 0 aromatic heterocycles. The molecular formula is C92H114BrCl2FK2N3O14PPd. The average Bonchev–Trinajstić information content (AvgIpc) is 0.766. The van der Waals surface area contributed by atoms with Crippen molar-refractivity contribution in [1.82, 2.24) is 0 Å². The number of unbranched alkanes of at least 4 members (excludes halogenated alkanes) is 2. The van der Waals surface area contributed by atoms with Crippen molar-refractivity contribution < 1.29 is 199 Å². The second kappa shape index (κ2) is 63.0. The van der Waals surface area contributed by atoms with Crippen molar-refractivity contribution in [2.24, 2.45) is 0 Å². The summed E-state index contributed by atoms with van der Waals surface area (Å²) in [6.07, 6.45) is 11.9. The van der Waals surface area contributed by atoms with Crippen molar-refractivity contribution in [3.8, 4) is 34.5 Å². The Hall–Kier alpha value is -6.07. The molecule has 3 aliphatic heterocycles. The molecule has 12 rings (SSSR count). The van der Waals surface area contributed by atoms with E-state index in [1.807, 2.05) is 121 Å². The van der Waals surface area contributed by atoms with E-state index >= 15 is 0 Å². The Balaban J connectivity index is -0.00000134. The van der Waals surface area contributed by atoms with Crippen molar-refractivity contribution >= 4 is 123 Å². The van der Waals surface area contributed by atoms with E-state index < -0.39 is 25.1 Å². The van der Waals surface area contributed by atoms with E-state index in [1.165, 1.54) is 42.0 Å². The fourth-order valence-electron chi connectivity index (χ4n) is 12.2. The summed E-state index contributed by atoms with van der Waals surface area (Å²) in [7, 11) is -0.984. The van der Waals surface area contributed by atoms with Crippen molar-refractivity contribution in [3.05, 3.63) is 265 Å². The van der Waals surface area contributed by atoms with Crippen LogP contribution < -0.4 is 137 Å². The maximum Gasteiger partial charge on any atom is 1.00 e. The Kier molecular flexibility index (Phi) is 59.7. The summed E-state index contributed by atoms with van der Waals surface area (Å²) in [4.78, 5) is 54.0. The normalized spacial score (nSPS) is 10.8. The third-order valence-electron chi connectivity index (χ3n) is 15.6. The Bertz CT molecular complexity index is 4130. The van der Waals surface area contributed by atoms with E-state index in [1.54, 1.807) is 0 Å². The van der Waals surface area contributed by atoms with Crippen LogP contribution in [-0.4, -0.2) is 86.7 Å². The van der Waals surface area contributed by atoms with Gasteiger partial charge in [0.05, 0.1) is 49.3 Å². The maximum atomic E-state index is 11.1. The number of carbonyl (C=O) groups excluding carboxylic acids is 2. The van der Waals surface area contributed by atoms with Crippen LogP contribution in [0.25, 0.3) is 0 Å². The number of hydrogen-bond donors (Lipinski definition) is 4. The zero-order valence-corrected chi connectivity index (χ0v) is 81.9. The molecule has 626 valence electrons. The molecule has 0 atom stereocenters. The van der Waals surface area contributed by atoms with Crippen LogP contribution in [0.5, 0.6) is 34.5 Å². The molecule has 0 amide bonds. The van der Waals surface area contributed by atoms with Crippen LogP contribution in [0.1, 0.15) is 148 Å². The van der Waals surface area contributed by atoms with Crippen molar-refractivity contribution in [2.75, 3.05) is 40.6 Å². The van der Waals surface area contributed by atoms with E-state index in [0.717, 1.165) is 149 Å². The van der Waals surface area contributed by atoms with Gasteiger partial charge in [-0.15, -0.1) is 23.2 Å². The molecule has 0 saturated heterocycles. The van der Waals surface area contributed by atoms with Crippen molar-refractivity contribution in [3.63, 3.8) is 0 Å². The Morgan fingerprint density at radius 3 is 1.03 bits per heavy atom. The van der Waals surface area contributed by atoms with Gasteiger partial charge in [-0.25, -0.2) is 9.59 Å². The number of aryl methyl sites for hydroxylation is 3. The number of hydrogen-bond acceptors (Lipinski definition) is 14. The predicted octanol–water partition coefficient (Wildman–Crippen LogP) is 20.2. The summed E-state index contributed by atoms with van der Waals surface area (Å²) in [5.41, 5.74) is 12.3. The van der Waals surface area contributed by atoms with Gasteiger partial charge in [-0.1, -0.05) is 242 Å². The second-order valence-electron chi connectivity index (χ2n) is 28.0. The van der Waals surface area contributed by atoms with Crippen LogP contribution in [-0.2, 0) is 73.3 Å². The monoisotopic (exact) mass is 1870 g/mol. The quantitative estimate of drug-likeness (QED) is 0.00763. The Morgan fingerprint density at radius 2 is 0.786 bits per heavy atom. The molecule has 0 aliphatic carbocycles. The van der Waals surface area contributed by atoms with E-state index in [0.29, 0.717) is 28.0 Å². The van der Waals surface area contributed by atoms with Crippen LogP contribution in [0.2, 0.25) is 0 Å². The van der Waals surface area contributed by atoms with Gasteiger partial charge in [0.1, 0.15) is 0 Å². The zero-order chi connectivity index (χ0) is 85.9. The minimum absolute atomic E-state index is 0. The van der Waals surface area contributed by atoms with Crippen LogP contribution in [0, 0.1) is 0 Å². The van der Waals surface area contributed by atoms with Gasteiger partial charge in [-0.3, -0.25) is 18.8 Å². The molecule has 4 N–H and O–H groups in total. The Morgan fingerprint density at radius 1 is 0.521 bits per heavy atom. The molecule has 3 aliphatic rings. The summed E-state index contributed by atoms with van der Waals surface area (Å²) in [6.45, 7) is 34.6. The minimum Gasteiger partial charge on any atom is -1.00 e. The number of carbonyl (C=O) groups is 5. The third kappa shape index (κ3) is 44.3. The number of aliphatic carboxylic acids is 3. The first-order chi connectivity index (χ1) is 54.7. The first-order valence-electron chi connectivity index (χ1n) is 37.9. The molecule has 3 heterocycles. The maximum absolute atomic E-state index is 11.1. The number of para-hydroxylation sites is 12. The number of alkyl halides is 3. The van der Waals surface area contributed by atoms with Gasteiger partial charge in [0.25, 0.3) is 18.4 Å². The van der Waals surface area contributed by atoms with E-state index in [2.05, 4.69) is 222 Å². The van der Waals surface area contributed by atoms with Crippen LogP contribution in [0.15, 0.2) is 248 Å². The molecule has 0 unspecified atom stereocenters. The number of esters is 1. The standard InChI is InChI=1S/C24H21NO3.C21H18ClNO.C12H9NO.C12H27P.C9H10BrCl.C5H12.C3H4O2.2C2H4O2.CH3F.CH2O3.2K.Pd.H/c1-2-24(26)27-17-7-8-18-13-15-19(16-14-18)25-20-9-3-5-11-22(20)28-23-12-6-4-10-21(23)25;22-15-5-6-16-11-13-17(14-12-16)23-18-7-1-3-9-20(18)24-21-10-4-2-8-19(21)23;1-3-7-11-9(5-1)13-10-6-2-4-8-12(10)14-11;1-10(2,3)13(11(4,5)6)12(7,8)9;10-9-5-3-8(4-6-9)2-1-7-11;1-3-5-4-2;1-2-3(4)5;2*1-2(3)4;1-2;2-1-4-3;;;;/h2-6,9-16H,1,7-8,17H2;1-4,7-14H,5-6,15H2;1-8,13H;1-9H3;3-6H,1-2,7H2;3-5H2,1-2H3;2H,1H2,(H,4,5);2*1H3,(H,3,4);1H3;1,3H;;;;/q;;;;;;;;;;;2*+1;;-1/p-1/i;;;;;;;;;1D;;;;;. The van der Waals surface area contributed by atoms with E-state index in [-0.39, 0.29) is 145 Å². The van der Waals surface area contributed by atoms with Gasteiger partial charge in [0.15, 0.2) is 34.5 Å². The molecule has 0 bridgehead atoms. The topological polar surface area (TPSA) is 234 Å². The van der Waals surface area contributed by atoms with Crippen molar-refractivity contribution in [2.45, 2.75) is 163 Å². The number of carboxylic acid groups (broad SMARTS) is 3. The number of rotatable bonds is 17. The number of halogens is 4. The summed E-state index contributed by atoms with van der Waals surface area (Å²) in [6, 6.07) is 73.7. The van der Waals surface area contributed by atoms with Crippen LogP contribution in [0.4, 0.5) is 49.9 Å². The smallest absolute Gasteiger partial charge is 1.00 e. The van der Waals surface area contributed by atoms with E-state index in [4.69, 9.17) is 78.5 Å². The zero-order valence-electron chi connectivity index (χ0n) is 72.1. The average molecular weight is 1870 g/mol. The largest absolute Gasteiger partial charge is 1.00 e. The molecule has 25 heteroatoms.